The van der Waals surface area contributed by atoms with E-state index in [2.05, 4.69) is 36.3 Å². The fourth-order valence-corrected chi connectivity index (χ4v) is 1.86. The summed E-state index contributed by atoms with van der Waals surface area (Å²) in [5.74, 6) is 2.12. The Labute approximate surface area is 108 Å². The molecule has 0 spiro atoms. The minimum atomic E-state index is 0.203. The molecule has 3 N–H and O–H groups in total. The van der Waals surface area contributed by atoms with Crippen LogP contribution < -0.4 is 15.8 Å². The first kappa shape index (κ1) is 12.7. The van der Waals surface area contributed by atoms with Crippen molar-refractivity contribution in [2.24, 2.45) is 16.6 Å². The summed E-state index contributed by atoms with van der Waals surface area (Å²) in [6, 6.07) is 8.35. The molecule has 2 rings (SSSR count). The molecule has 4 nitrogen and oxygen atoms in total. The van der Waals surface area contributed by atoms with Crippen LogP contribution in [-0.4, -0.2) is 19.1 Å². The Kier molecular flexibility index (Phi) is 4.07. The van der Waals surface area contributed by atoms with Gasteiger partial charge in [-0.2, -0.15) is 0 Å². The van der Waals surface area contributed by atoms with Crippen LogP contribution in [0.15, 0.2) is 29.3 Å². The molecule has 0 amide bonds. The highest BCUT2D eigenvalue weighted by Crippen LogP contribution is 2.20. The number of guanidine groups is 1. The maximum absolute atomic E-state index is 5.68. The van der Waals surface area contributed by atoms with Gasteiger partial charge in [0.15, 0.2) is 5.96 Å². The van der Waals surface area contributed by atoms with Crippen molar-refractivity contribution in [1.29, 1.82) is 0 Å². The van der Waals surface area contributed by atoms with Gasteiger partial charge in [-0.1, -0.05) is 26.0 Å². The molecule has 1 aliphatic heterocycles. The molecule has 1 unspecified atom stereocenters. The van der Waals surface area contributed by atoms with E-state index < -0.39 is 0 Å². The van der Waals surface area contributed by atoms with Gasteiger partial charge in [-0.3, -0.25) is 4.99 Å². The van der Waals surface area contributed by atoms with Crippen LogP contribution in [0.3, 0.4) is 0 Å². The molecular formula is C14H21N3O. The van der Waals surface area contributed by atoms with Gasteiger partial charge in [-0.05, 0) is 30.0 Å². The third-order valence-corrected chi connectivity index (χ3v) is 3.01. The first-order valence-electron chi connectivity index (χ1n) is 6.44. The highest BCUT2D eigenvalue weighted by molar-refractivity contribution is 5.80. The predicted octanol–water partition coefficient (Wildman–Crippen LogP) is 2.07. The van der Waals surface area contributed by atoms with Crippen LogP contribution in [0.4, 0.5) is 0 Å². The summed E-state index contributed by atoms with van der Waals surface area (Å²) >= 11 is 0. The molecule has 1 aliphatic rings. The van der Waals surface area contributed by atoms with Gasteiger partial charge in [0.2, 0.25) is 0 Å². The van der Waals surface area contributed by atoms with Crippen LogP contribution in [0, 0.1) is 5.92 Å². The average Bonchev–Trinajstić information content (AvgIpc) is 2.76. The minimum Gasteiger partial charge on any atom is -0.494 e. The summed E-state index contributed by atoms with van der Waals surface area (Å²) in [5, 5.41) is 3.13. The van der Waals surface area contributed by atoms with Crippen LogP contribution in [0.2, 0.25) is 0 Å². The number of ether oxygens (including phenoxy) is 1. The van der Waals surface area contributed by atoms with Gasteiger partial charge in [0.25, 0.3) is 0 Å². The molecule has 1 heterocycles. The van der Waals surface area contributed by atoms with Gasteiger partial charge >= 0.3 is 0 Å². The Hall–Kier alpha value is -1.71. The second kappa shape index (κ2) is 5.76. The molecule has 0 radical (unpaired) electrons. The highest BCUT2D eigenvalue weighted by atomic mass is 16.5. The summed E-state index contributed by atoms with van der Waals surface area (Å²) in [7, 11) is 0. The Morgan fingerprint density at radius 1 is 1.39 bits per heavy atom. The lowest BCUT2D eigenvalue weighted by atomic mass is 10.1. The standard InChI is InChI=1S/C14H21N3O/c1-10(2)7-8-18-12-5-3-11(4-6-12)13-9-16-14(15)17-13/h3-6,10,13H,7-9H2,1-2H3,(H3,15,16,17). The van der Waals surface area contributed by atoms with Crippen LogP contribution in [0.5, 0.6) is 5.75 Å². The molecule has 0 saturated heterocycles. The molecule has 0 saturated carbocycles. The van der Waals surface area contributed by atoms with E-state index in [9.17, 15) is 0 Å². The fourth-order valence-electron chi connectivity index (χ4n) is 1.86. The van der Waals surface area contributed by atoms with Crippen LogP contribution in [0.1, 0.15) is 31.9 Å². The molecule has 1 aromatic carbocycles. The molecular weight excluding hydrogens is 226 g/mol. The first-order valence-corrected chi connectivity index (χ1v) is 6.44. The molecule has 0 aromatic heterocycles. The number of benzene rings is 1. The maximum Gasteiger partial charge on any atom is 0.189 e. The molecule has 1 atom stereocenters. The number of nitrogens with one attached hydrogen (secondary N) is 1. The number of hydrogen-bond acceptors (Lipinski definition) is 4. The Balaban J connectivity index is 1.86. The largest absolute Gasteiger partial charge is 0.494 e. The van der Waals surface area contributed by atoms with Gasteiger partial charge in [0, 0.05) is 0 Å². The molecule has 0 aliphatic carbocycles. The lowest BCUT2D eigenvalue weighted by molar-refractivity contribution is 0.289. The van der Waals surface area contributed by atoms with E-state index in [1.54, 1.807) is 0 Å². The smallest absolute Gasteiger partial charge is 0.189 e. The molecule has 1 aromatic rings. The van der Waals surface area contributed by atoms with Crippen molar-refractivity contribution in [2.45, 2.75) is 26.3 Å². The molecule has 98 valence electrons. The predicted molar refractivity (Wildman–Crippen MR) is 73.8 cm³/mol. The second-order valence-electron chi connectivity index (χ2n) is 5.02. The van der Waals surface area contributed by atoms with Gasteiger partial charge in [-0.15, -0.1) is 0 Å². The van der Waals surface area contributed by atoms with Gasteiger partial charge < -0.3 is 15.8 Å². The third-order valence-electron chi connectivity index (χ3n) is 3.01. The van der Waals surface area contributed by atoms with E-state index in [1.807, 2.05) is 12.1 Å². The highest BCUT2D eigenvalue weighted by Gasteiger charge is 2.16. The zero-order valence-corrected chi connectivity index (χ0v) is 11.0. The minimum absolute atomic E-state index is 0.203. The average molecular weight is 247 g/mol. The van der Waals surface area contributed by atoms with E-state index in [0.29, 0.717) is 18.4 Å². The number of nitrogens with two attached hydrogens (primary N) is 1. The van der Waals surface area contributed by atoms with Crippen LogP contribution in [-0.2, 0) is 0 Å². The zero-order chi connectivity index (χ0) is 13.0. The van der Waals surface area contributed by atoms with Crippen LogP contribution >= 0.6 is 0 Å². The summed E-state index contributed by atoms with van der Waals surface area (Å²) in [5.41, 5.74) is 6.79. The maximum atomic E-state index is 5.68. The topological polar surface area (TPSA) is 59.6 Å². The molecule has 0 bridgehead atoms. The van der Waals surface area contributed by atoms with E-state index >= 15 is 0 Å². The van der Waals surface area contributed by atoms with E-state index in [-0.39, 0.29) is 6.04 Å². The summed E-state index contributed by atoms with van der Waals surface area (Å²) in [6.45, 7) is 5.87. The number of hydrogen-bond donors (Lipinski definition) is 2. The first-order chi connectivity index (χ1) is 8.65. The summed E-state index contributed by atoms with van der Waals surface area (Å²) in [4.78, 5) is 4.14. The lowest BCUT2D eigenvalue weighted by Gasteiger charge is -2.12. The van der Waals surface area contributed by atoms with Crippen molar-refractivity contribution in [3.63, 3.8) is 0 Å². The second-order valence-corrected chi connectivity index (χ2v) is 5.02. The fraction of sp³-hybridized carbons (Fsp3) is 0.500. The Morgan fingerprint density at radius 3 is 2.67 bits per heavy atom. The van der Waals surface area contributed by atoms with Crippen LogP contribution in [0.25, 0.3) is 0 Å². The van der Waals surface area contributed by atoms with E-state index in [4.69, 9.17) is 10.5 Å². The van der Waals surface area contributed by atoms with Crippen molar-refractivity contribution >= 4 is 5.96 Å². The van der Waals surface area contributed by atoms with Crippen molar-refractivity contribution in [2.75, 3.05) is 13.2 Å². The zero-order valence-electron chi connectivity index (χ0n) is 11.0. The molecule has 0 fully saturated rings. The Bertz CT molecular complexity index is 412. The van der Waals surface area contributed by atoms with Crippen molar-refractivity contribution in [3.8, 4) is 5.75 Å². The monoisotopic (exact) mass is 247 g/mol. The SMILES string of the molecule is CC(C)CCOc1ccc(C2CN=C(N)N2)cc1. The van der Waals surface area contributed by atoms with Gasteiger partial charge in [0.1, 0.15) is 5.75 Å². The quantitative estimate of drug-likeness (QED) is 0.837. The van der Waals surface area contributed by atoms with Gasteiger partial charge in [0.05, 0.1) is 19.2 Å². The molecule has 18 heavy (non-hydrogen) atoms. The third kappa shape index (κ3) is 3.39. The van der Waals surface area contributed by atoms with Crippen molar-refractivity contribution in [1.82, 2.24) is 5.32 Å². The number of nitrogens with zero attached hydrogens (tertiary/aromatic N) is 1. The summed E-state index contributed by atoms with van der Waals surface area (Å²) < 4.78 is 5.68. The van der Waals surface area contributed by atoms with Crippen molar-refractivity contribution in [3.05, 3.63) is 29.8 Å². The van der Waals surface area contributed by atoms with Crippen molar-refractivity contribution < 1.29 is 4.74 Å². The number of rotatable bonds is 5. The normalized spacial score (nSPS) is 18.6. The number of aliphatic imine (C=N–C) groups is 1. The van der Waals surface area contributed by atoms with E-state index in [1.165, 1.54) is 5.56 Å². The molecule has 4 heteroatoms. The van der Waals surface area contributed by atoms with E-state index in [0.717, 1.165) is 18.8 Å². The van der Waals surface area contributed by atoms with Gasteiger partial charge in [-0.25, -0.2) is 0 Å². The Morgan fingerprint density at radius 2 is 2.11 bits per heavy atom. The lowest BCUT2D eigenvalue weighted by Crippen LogP contribution is -2.29. The summed E-state index contributed by atoms with van der Waals surface area (Å²) in [6.07, 6.45) is 1.08.